The van der Waals surface area contributed by atoms with Crippen molar-refractivity contribution in [2.75, 3.05) is 0 Å². The monoisotopic (exact) mass is 556 g/mol. The Morgan fingerprint density at radius 3 is 2.17 bits per heavy atom. The van der Waals surface area contributed by atoms with Gasteiger partial charge in [-0.3, -0.25) is 4.98 Å². The molecule has 1 radical (unpaired) electrons. The molecule has 0 unspecified atom stereocenters. The quantitative estimate of drug-likeness (QED) is 0.332. The Morgan fingerprint density at radius 2 is 1.52 bits per heavy atom. The molecule has 4 heteroatoms. The summed E-state index contributed by atoms with van der Waals surface area (Å²) in [6.07, 6.45) is 11.4. The number of aromatic nitrogens is 2. The first-order chi connectivity index (χ1) is 13.6. The SMILES string of the molecule is Cc1cccc(C)c1B1C=CC=[C-]C(c2nccn2-c2c(C)cccc2C)=C1.[Ir]. The van der Waals surface area contributed by atoms with Crippen molar-refractivity contribution >= 4 is 17.7 Å². The Morgan fingerprint density at radius 1 is 0.897 bits per heavy atom. The van der Waals surface area contributed by atoms with Crippen LogP contribution in [0.3, 0.4) is 0 Å². The first kappa shape index (κ1) is 21.3. The molecule has 2 nitrogen and oxygen atoms in total. The van der Waals surface area contributed by atoms with Gasteiger partial charge in [0.1, 0.15) is 0 Å². The number of aryl methyl sites for hydroxylation is 4. The van der Waals surface area contributed by atoms with Gasteiger partial charge in [0.25, 0.3) is 0 Å². The van der Waals surface area contributed by atoms with E-state index in [4.69, 9.17) is 4.98 Å². The van der Waals surface area contributed by atoms with E-state index < -0.39 is 0 Å². The largest absolute Gasteiger partial charge is 0.340 e. The number of rotatable bonds is 3. The minimum Gasteiger partial charge on any atom is -0.340 e. The van der Waals surface area contributed by atoms with Gasteiger partial charge in [-0.25, -0.2) is 0 Å². The number of para-hydroxylation sites is 1. The zero-order valence-corrected chi connectivity index (χ0v) is 19.6. The summed E-state index contributed by atoms with van der Waals surface area (Å²) < 4.78 is 2.18. The number of imidazole rings is 1. The third kappa shape index (κ3) is 4.15. The van der Waals surface area contributed by atoms with Gasteiger partial charge in [-0.05, 0) is 38.8 Å². The van der Waals surface area contributed by atoms with Crippen molar-refractivity contribution in [1.82, 2.24) is 9.55 Å². The van der Waals surface area contributed by atoms with Crippen LogP contribution in [0.1, 0.15) is 28.1 Å². The van der Waals surface area contributed by atoms with Gasteiger partial charge in [0.05, 0.1) is 5.82 Å². The van der Waals surface area contributed by atoms with Crippen LogP contribution in [0, 0.1) is 33.8 Å². The Balaban J connectivity index is 0.00000240. The van der Waals surface area contributed by atoms with Crippen LogP contribution >= 0.6 is 0 Å². The molecule has 0 aliphatic carbocycles. The molecule has 2 heterocycles. The normalized spacial score (nSPS) is 13.1. The van der Waals surface area contributed by atoms with Crippen LogP contribution in [0.4, 0.5) is 0 Å². The van der Waals surface area contributed by atoms with Crippen molar-refractivity contribution in [3.05, 3.63) is 107 Å². The molecule has 0 bridgehead atoms. The van der Waals surface area contributed by atoms with Gasteiger partial charge in [-0.1, -0.05) is 53.0 Å². The average Bonchev–Trinajstić information content (AvgIpc) is 3.00. The van der Waals surface area contributed by atoms with Crippen molar-refractivity contribution in [3.8, 4) is 5.69 Å². The van der Waals surface area contributed by atoms with Crippen LogP contribution in [-0.4, -0.2) is 16.3 Å². The zero-order chi connectivity index (χ0) is 19.7. The molecule has 0 saturated carbocycles. The zero-order valence-electron chi connectivity index (χ0n) is 17.2. The van der Waals surface area contributed by atoms with E-state index in [1.807, 2.05) is 18.5 Å². The molecule has 2 aromatic carbocycles. The summed E-state index contributed by atoms with van der Waals surface area (Å²) in [5.41, 5.74) is 8.67. The molecule has 0 atom stereocenters. The van der Waals surface area contributed by atoms with Crippen molar-refractivity contribution in [2.24, 2.45) is 0 Å². The molecular formula is C25H24BIrN2-. The number of hydrogen-bond donors (Lipinski definition) is 0. The van der Waals surface area contributed by atoms with Crippen molar-refractivity contribution in [3.63, 3.8) is 0 Å². The topological polar surface area (TPSA) is 17.8 Å². The number of benzene rings is 2. The molecule has 0 saturated heterocycles. The van der Waals surface area contributed by atoms with Crippen molar-refractivity contribution < 1.29 is 20.1 Å². The van der Waals surface area contributed by atoms with E-state index in [2.05, 4.69) is 92.8 Å². The molecule has 29 heavy (non-hydrogen) atoms. The number of hydrogen-bond acceptors (Lipinski definition) is 1. The summed E-state index contributed by atoms with van der Waals surface area (Å²) in [4.78, 5) is 4.70. The molecule has 3 aromatic rings. The molecule has 0 amide bonds. The van der Waals surface area contributed by atoms with E-state index in [9.17, 15) is 0 Å². The fraction of sp³-hybridized carbons (Fsp3) is 0.160. The predicted octanol–water partition coefficient (Wildman–Crippen LogP) is 4.90. The van der Waals surface area contributed by atoms with E-state index >= 15 is 0 Å². The fourth-order valence-corrected chi connectivity index (χ4v) is 4.14. The molecule has 147 valence electrons. The first-order valence-electron chi connectivity index (χ1n) is 9.71. The average molecular weight is 556 g/mol. The van der Waals surface area contributed by atoms with Gasteiger partial charge in [0, 0.05) is 38.2 Å². The minimum atomic E-state index is 0. The third-order valence-corrected chi connectivity index (χ3v) is 5.44. The first-order valence-corrected chi connectivity index (χ1v) is 9.71. The van der Waals surface area contributed by atoms with Gasteiger partial charge in [-0.2, -0.15) is 12.0 Å². The second-order valence-corrected chi connectivity index (χ2v) is 7.47. The molecular weight excluding hydrogens is 531 g/mol. The maximum Gasteiger partial charge on any atom is 0.165 e. The summed E-state index contributed by atoms with van der Waals surface area (Å²) in [7, 11) is 0. The molecule has 1 aliphatic heterocycles. The second kappa shape index (κ2) is 8.94. The summed E-state index contributed by atoms with van der Waals surface area (Å²) in [6, 6.07) is 12.9. The van der Waals surface area contributed by atoms with Crippen LogP contribution in [0.25, 0.3) is 11.3 Å². The van der Waals surface area contributed by atoms with Gasteiger partial charge < -0.3 is 4.57 Å². The maximum absolute atomic E-state index is 4.70. The van der Waals surface area contributed by atoms with E-state index in [1.165, 1.54) is 33.4 Å². The predicted molar refractivity (Wildman–Crippen MR) is 119 cm³/mol. The molecule has 1 aromatic heterocycles. The van der Waals surface area contributed by atoms with Crippen LogP contribution in [0.15, 0.2) is 72.9 Å². The Hall–Kier alpha value is -2.42. The van der Waals surface area contributed by atoms with E-state index in [0.717, 1.165) is 11.4 Å². The van der Waals surface area contributed by atoms with Gasteiger partial charge in [0.15, 0.2) is 6.71 Å². The summed E-state index contributed by atoms with van der Waals surface area (Å²) in [6.45, 7) is 8.86. The van der Waals surface area contributed by atoms with Gasteiger partial charge in [-0.15, -0.1) is 23.8 Å². The summed E-state index contributed by atoms with van der Waals surface area (Å²) in [5.74, 6) is 5.44. The fourth-order valence-electron chi connectivity index (χ4n) is 4.14. The van der Waals surface area contributed by atoms with Gasteiger partial charge in [0.2, 0.25) is 0 Å². The molecule has 0 N–H and O–H groups in total. The van der Waals surface area contributed by atoms with Gasteiger partial charge >= 0.3 is 0 Å². The standard InChI is InChI=1S/C25H24BN2.Ir/c1-18-9-7-10-19(2)23(18)26-14-6-5-13-22(17-26)25-27-15-16-28(25)24-20(3)11-8-12-21(24)4;/h5-12,14-17H,1-4H3;/q-1;. The Kier molecular flexibility index (Phi) is 6.57. The number of nitrogens with zero attached hydrogens (tertiary/aromatic N) is 2. The van der Waals surface area contributed by atoms with Crippen LogP contribution in [0.5, 0.6) is 0 Å². The minimum absolute atomic E-state index is 0. The molecule has 4 rings (SSSR count). The Bertz CT molecular complexity index is 1080. The number of allylic oxidation sites excluding steroid dienone is 4. The molecule has 0 spiro atoms. The van der Waals surface area contributed by atoms with E-state index in [-0.39, 0.29) is 26.8 Å². The Labute approximate surface area is 187 Å². The smallest absolute Gasteiger partial charge is 0.165 e. The van der Waals surface area contributed by atoms with Crippen LogP contribution in [-0.2, 0) is 20.1 Å². The second-order valence-electron chi connectivity index (χ2n) is 7.47. The molecule has 0 fully saturated rings. The van der Waals surface area contributed by atoms with Crippen LogP contribution in [0.2, 0.25) is 0 Å². The maximum atomic E-state index is 4.70. The van der Waals surface area contributed by atoms with Crippen LogP contribution < -0.4 is 5.46 Å². The van der Waals surface area contributed by atoms with E-state index in [1.54, 1.807) is 0 Å². The summed E-state index contributed by atoms with van der Waals surface area (Å²) >= 11 is 0. The van der Waals surface area contributed by atoms with Crippen molar-refractivity contribution in [2.45, 2.75) is 27.7 Å². The van der Waals surface area contributed by atoms with Crippen molar-refractivity contribution in [1.29, 1.82) is 0 Å². The molecule has 1 aliphatic rings. The summed E-state index contributed by atoms with van der Waals surface area (Å²) in [5, 5.41) is 0. The van der Waals surface area contributed by atoms with E-state index in [0.29, 0.717) is 0 Å². The third-order valence-electron chi connectivity index (χ3n) is 5.44.